The topological polar surface area (TPSA) is 30.0 Å². The van der Waals surface area contributed by atoms with Crippen molar-refractivity contribution < 1.29 is 4.79 Å². The molecule has 0 saturated carbocycles. The Hall–Kier alpha value is -1.13. The molecule has 1 aromatic carbocycles. The van der Waals surface area contributed by atoms with Crippen LogP contribution in [0.3, 0.4) is 0 Å². The third kappa shape index (κ3) is 3.43. The molecule has 0 fully saturated rings. The number of carbonyl (C=O) groups excluding carboxylic acids is 1. The van der Waals surface area contributed by atoms with Crippen molar-refractivity contribution in [3.8, 4) is 0 Å². The van der Waals surface area contributed by atoms with Gasteiger partial charge in [-0.05, 0) is 36.4 Å². The Morgan fingerprint density at radius 3 is 2.39 bits per heavy atom. The molecule has 1 heterocycles. The van der Waals surface area contributed by atoms with E-state index in [1.807, 2.05) is 37.3 Å². The zero-order valence-electron chi connectivity index (χ0n) is 9.89. The molecule has 0 aliphatic heterocycles. The number of pyridine rings is 1. The van der Waals surface area contributed by atoms with Crippen LogP contribution in [0.25, 0.3) is 0 Å². The Balaban J connectivity index is 2.10. The van der Waals surface area contributed by atoms with Crippen LogP contribution in [-0.4, -0.2) is 10.8 Å². The maximum atomic E-state index is 11.4. The van der Waals surface area contributed by atoms with E-state index in [1.54, 1.807) is 24.0 Å². The number of benzene rings is 1. The van der Waals surface area contributed by atoms with E-state index in [9.17, 15) is 4.79 Å². The molecule has 4 heteroatoms. The zero-order chi connectivity index (χ0) is 13.0. The van der Waals surface area contributed by atoms with Gasteiger partial charge < -0.3 is 0 Å². The summed E-state index contributed by atoms with van der Waals surface area (Å²) in [6.45, 7) is 1.84. The number of carbonyl (C=O) groups is 1. The van der Waals surface area contributed by atoms with Gasteiger partial charge in [-0.2, -0.15) is 0 Å². The molecule has 0 N–H and O–H groups in total. The summed E-state index contributed by atoms with van der Waals surface area (Å²) in [6.07, 6.45) is 2.24. The molecule has 0 atom stereocenters. The fourth-order valence-corrected chi connectivity index (χ4v) is 2.48. The van der Waals surface area contributed by atoms with Crippen molar-refractivity contribution in [3.05, 3.63) is 52.8 Å². The first-order valence-corrected chi connectivity index (χ1v) is 7.22. The van der Waals surface area contributed by atoms with Crippen molar-refractivity contribution in [2.24, 2.45) is 0 Å². The maximum absolute atomic E-state index is 11.4. The lowest BCUT2D eigenvalue weighted by Crippen LogP contribution is -1.99. The minimum atomic E-state index is 0.0789. The van der Waals surface area contributed by atoms with E-state index >= 15 is 0 Å². The second-order valence-electron chi connectivity index (χ2n) is 3.71. The molecule has 0 spiro atoms. The summed E-state index contributed by atoms with van der Waals surface area (Å²) >= 11 is 5.03. The molecule has 1 aromatic heterocycles. The lowest BCUT2D eigenvalue weighted by Gasteiger charge is -2.02. The normalized spacial score (nSPS) is 10.3. The lowest BCUT2D eigenvalue weighted by molar-refractivity contribution is 0.0983. The smallest absolute Gasteiger partial charge is 0.180 e. The first-order valence-electron chi connectivity index (χ1n) is 5.61. The summed E-state index contributed by atoms with van der Waals surface area (Å²) in [4.78, 5) is 17.8. The largest absolute Gasteiger partial charge is 0.292 e. The van der Waals surface area contributed by atoms with E-state index in [1.165, 1.54) is 0 Å². The Bertz CT molecular complexity index is 537. The fourth-order valence-electron chi connectivity index (χ4n) is 1.43. The van der Waals surface area contributed by atoms with E-state index in [4.69, 9.17) is 0 Å². The molecule has 0 radical (unpaired) electrons. The average molecular weight is 322 g/mol. The molecule has 0 bridgehead atoms. The van der Waals surface area contributed by atoms with Gasteiger partial charge >= 0.3 is 0 Å². The van der Waals surface area contributed by atoms with E-state index in [2.05, 4.69) is 20.9 Å². The van der Waals surface area contributed by atoms with Crippen molar-refractivity contribution in [2.45, 2.75) is 23.1 Å². The first kappa shape index (κ1) is 13.3. The molecule has 92 valence electrons. The van der Waals surface area contributed by atoms with Gasteiger partial charge in [0, 0.05) is 26.9 Å². The molecular weight excluding hydrogens is 310 g/mol. The lowest BCUT2D eigenvalue weighted by atomic mass is 10.2. The number of halogens is 1. The predicted octanol–water partition coefficient (Wildman–Crippen LogP) is 4.59. The van der Waals surface area contributed by atoms with Gasteiger partial charge in [0.2, 0.25) is 0 Å². The molecule has 2 aromatic rings. The van der Waals surface area contributed by atoms with Crippen LogP contribution < -0.4 is 0 Å². The Kier molecular flexibility index (Phi) is 4.55. The minimum Gasteiger partial charge on any atom is -0.292 e. The van der Waals surface area contributed by atoms with Gasteiger partial charge in [0.05, 0.1) is 0 Å². The van der Waals surface area contributed by atoms with Crippen LogP contribution in [0.15, 0.2) is 56.9 Å². The quantitative estimate of drug-likeness (QED) is 0.771. The number of nitrogens with zero attached hydrogens (tertiary/aromatic N) is 1. The summed E-state index contributed by atoms with van der Waals surface area (Å²) in [5.74, 6) is 0.0789. The van der Waals surface area contributed by atoms with Crippen LogP contribution >= 0.6 is 27.7 Å². The fraction of sp³-hybridized carbons (Fsp3) is 0.143. The van der Waals surface area contributed by atoms with Crippen LogP contribution in [0.4, 0.5) is 0 Å². The van der Waals surface area contributed by atoms with Crippen LogP contribution in [0.1, 0.15) is 23.8 Å². The number of rotatable bonds is 4. The summed E-state index contributed by atoms with van der Waals surface area (Å²) in [5, 5.41) is 0. The van der Waals surface area contributed by atoms with Crippen molar-refractivity contribution in [1.29, 1.82) is 0 Å². The molecule has 0 saturated heterocycles. The third-order valence-electron chi connectivity index (χ3n) is 2.39. The number of hydrogen-bond acceptors (Lipinski definition) is 3. The van der Waals surface area contributed by atoms with Crippen LogP contribution in [0, 0.1) is 0 Å². The molecule has 2 rings (SSSR count). The molecular formula is C14H12BrNOS. The zero-order valence-corrected chi connectivity index (χ0v) is 12.3. The first-order chi connectivity index (χ1) is 8.69. The van der Waals surface area contributed by atoms with Crippen molar-refractivity contribution in [3.63, 3.8) is 0 Å². The second-order valence-corrected chi connectivity index (χ2v) is 5.77. The van der Waals surface area contributed by atoms with Crippen LogP contribution in [-0.2, 0) is 0 Å². The summed E-state index contributed by atoms with van der Waals surface area (Å²) in [5.41, 5.74) is 0.539. The molecule has 0 unspecified atom stereocenters. The highest BCUT2D eigenvalue weighted by atomic mass is 79.9. The number of Topliss-reactive ketones (excluding diaryl/α,β-unsaturated/α-hetero) is 1. The van der Waals surface area contributed by atoms with Gasteiger partial charge in [-0.1, -0.05) is 34.6 Å². The molecule has 0 aliphatic rings. The van der Waals surface area contributed by atoms with E-state index < -0.39 is 0 Å². The monoisotopic (exact) mass is 321 g/mol. The highest BCUT2D eigenvalue weighted by Gasteiger charge is 2.04. The van der Waals surface area contributed by atoms with Crippen molar-refractivity contribution >= 4 is 33.5 Å². The molecule has 18 heavy (non-hydrogen) atoms. The van der Waals surface area contributed by atoms with Crippen molar-refractivity contribution in [1.82, 2.24) is 4.98 Å². The van der Waals surface area contributed by atoms with Gasteiger partial charge in [-0.15, -0.1) is 0 Å². The molecule has 0 amide bonds. The van der Waals surface area contributed by atoms with Crippen molar-refractivity contribution in [2.75, 3.05) is 0 Å². The highest BCUT2D eigenvalue weighted by molar-refractivity contribution is 9.10. The number of aromatic nitrogens is 1. The van der Waals surface area contributed by atoms with Gasteiger partial charge in [-0.3, -0.25) is 9.78 Å². The van der Waals surface area contributed by atoms with Gasteiger partial charge in [0.25, 0.3) is 0 Å². The Morgan fingerprint density at radius 2 is 1.83 bits per heavy atom. The van der Waals surface area contributed by atoms with Crippen LogP contribution in [0.2, 0.25) is 0 Å². The summed E-state index contributed by atoms with van der Waals surface area (Å²) in [7, 11) is 0. The maximum Gasteiger partial charge on any atom is 0.180 e. The highest BCUT2D eigenvalue weighted by Crippen LogP contribution is 2.28. The Morgan fingerprint density at radius 1 is 1.17 bits per heavy atom. The third-order valence-corrected chi connectivity index (χ3v) is 3.91. The second kappa shape index (κ2) is 6.16. The van der Waals surface area contributed by atoms with Crippen LogP contribution in [0.5, 0.6) is 0 Å². The summed E-state index contributed by atoms with van der Waals surface area (Å²) < 4.78 is 1.06. The van der Waals surface area contributed by atoms with Gasteiger partial charge in [0.1, 0.15) is 5.69 Å². The number of hydrogen-bond donors (Lipinski definition) is 0. The number of ketones is 1. The average Bonchev–Trinajstić information content (AvgIpc) is 2.41. The molecule has 2 nitrogen and oxygen atoms in total. The standard InChI is InChI=1S/C14H12BrNOS/c1-2-14(17)13-8-7-12(9-16-13)18-11-5-3-10(15)4-6-11/h3-9H,2H2,1H3. The minimum absolute atomic E-state index is 0.0789. The van der Waals surface area contributed by atoms with Gasteiger partial charge in [0.15, 0.2) is 5.78 Å². The summed E-state index contributed by atoms with van der Waals surface area (Å²) in [6, 6.07) is 11.8. The Labute approximate surface area is 119 Å². The van der Waals surface area contributed by atoms with E-state index in [0.717, 1.165) is 14.3 Å². The predicted molar refractivity (Wildman–Crippen MR) is 77.1 cm³/mol. The molecule has 0 aliphatic carbocycles. The van der Waals surface area contributed by atoms with E-state index in [0.29, 0.717) is 12.1 Å². The SMILES string of the molecule is CCC(=O)c1ccc(Sc2ccc(Br)cc2)cn1. The van der Waals surface area contributed by atoms with Gasteiger partial charge in [-0.25, -0.2) is 0 Å². The van der Waals surface area contributed by atoms with E-state index in [-0.39, 0.29) is 5.78 Å².